The minimum Gasteiger partial charge on any atom is -0.444 e. The summed E-state index contributed by atoms with van der Waals surface area (Å²) in [6.07, 6.45) is 3.54. The third-order valence-electron chi connectivity index (χ3n) is 4.67. The van der Waals surface area contributed by atoms with E-state index in [-0.39, 0.29) is 6.09 Å². The minimum atomic E-state index is -0.400. The van der Waals surface area contributed by atoms with Crippen molar-refractivity contribution < 1.29 is 9.53 Å². The molecule has 2 rings (SSSR count). The fourth-order valence-corrected chi connectivity index (χ4v) is 3.49. The maximum atomic E-state index is 12.2. The van der Waals surface area contributed by atoms with Crippen LogP contribution in [0, 0.1) is 11.8 Å². The van der Waals surface area contributed by atoms with Gasteiger partial charge < -0.3 is 14.5 Å². The van der Waals surface area contributed by atoms with E-state index in [1.54, 1.807) is 0 Å². The monoisotopic (exact) mass is 282 g/mol. The van der Waals surface area contributed by atoms with Gasteiger partial charge in [-0.3, -0.25) is 0 Å². The van der Waals surface area contributed by atoms with Gasteiger partial charge in [0.15, 0.2) is 0 Å². The molecule has 0 bridgehead atoms. The third kappa shape index (κ3) is 3.87. The van der Waals surface area contributed by atoms with E-state index >= 15 is 0 Å². The SMILES string of the molecule is C[C@@H]1CC(C2CCN(C)CC2)CN1C(=O)OC(C)(C)C. The summed E-state index contributed by atoms with van der Waals surface area (Å²) < 4.78 is 5.52. The van der Waals surface area contributed by atoms with Crippen molar-refractivity contribution in [3.8, 4) is 0 Å². The summed E-state index contributed by atoms with van der Waals surface area (Å²) in [5, 5.41) is 0. The van der Waals surface area contributed by atoms with Gasteiger partial charge in [0.25, 0.3) is 0 Å². The Balaban J connectivity index is 1.90. The molecule has 2 aliphatic heterocycles. The molecule has 2 heterocycles. The zero-order valence-electron chi connectivity index (χ0n) is 13.7. The van der Waals surface area contributed by atoms with Crippen LogP contribution in [0.3, 0.4) is 0 Å². The molecule has 0 aromatic carbocycles. The first-order valence-electron chi connectivity index (χ1n) is 7.94. The topological polar surface area (TPSA) is 32.8 Å². The summed E-state index contributed by atoms with van der Waals surface area (Å²) in [6.45, 7) is 11.2. The highest BCUT2D eigenvalue weighted by Gasteiger charge is 2.38. The lowest BCUT2D eigenvalue weighted by Gasteiger charge is -2.32. The van der Waals surface area contributed by atoms with E-state index in [1.807, 2.05) is 25.7 Å². The molecule has 0 N–H and O–H groups in total. The first kappa shape index (κ1) is 15.6. The second-order valence-corrected chi connectivity index (χ2v) is 7.62. The van der Waals surface area contributed by atoms with Crippen LogP contribution in [-0.4, -0.2) is 54.2 Å². The maximum absolute atomic E-state index is 12.2. The molecule has 0 aromatic rings. The zero-order chi connectivity index (χ0) is 14.9. The summed E-state index contributed by atoms with van der Waals surface area (Å²) >= 11 is 0. The van der Waals surface area contributed by atoms with Gasteiger partial charge in [-0.25, -0.2) is 4.79 Å². The molecular formula is C16H30N2O2. The molecule has 20 heavy (non-hydrogen) atoms. The van der Waals surface area contributed by atoms with Crippen molar-refractivity contribution in [2.24, 2.45) is 11.8 Å². The van der Waals surface area contributed by atoms with E-state index < -0.39 is 5.60 Å². The maximum Gasteiger partial charge on any atom is 0.410 e. The highest BCUT2D eigenvalue weighted by molar-refractivity contribution is 5.69. The Kier molecular flexibility index (Phi) is 4.62. The van der Waals surface area contributed by atoms with E-state index in [2.05, 4.69) is 18.9 Å². The Hall–Kier alpha value is -0.770. The molecule has 0 radical (unpaired) electrons. The van der Waals surface area contributed by atoms with Crippen molar-refractivity contribution in [2.75, 3.05) is 26.7 Å². The number of carbonyl (C=O) groups excluding carboxylic acids is 1. The smallest absolute Gasteiger partial charge is 0.410 e. The lowest BCUT2D eigenvalue weighted by atomic mass is 9.83. The number of hydrogen-bond donors (Lipinski definition) is 0. The van der Waals surface area contributed by atoms with Gasteiger partial charge in [-0.2, -0.15) is 0 Å². The molecular weight excluding hydrogens is 252 g/mol. The molecule has 0 aliphatic carbocycles. The Morgan fingerprint density at radius 1 is 1.15 bits per heavy atom. The first-order valence-corrected chi connectivity index (χ1v) is 7.94. The molecule has 4 nitrogen and oxygen atoms in total. The minimum absolute atomic E-state index is 0.138. The van der Waals surface area contributed by atoms with Crippen LogP contribution in [0.5, 0.6) is 0 Å². The Morgan fingerprint density at radius 2 is 1.75 bits per heavy atom. The van der Waals surface area contributed by atoms with Crippen LogP contribution in [0.4, 0.5) is 4.79 Å². The average molecular weight is 282 g/mol. The molecule has 116 valence electrons. The van der Waals surface area contributed by atoms with E-state index in [4.69, 9.17) is 4.74 Å². The summed E-state index contributed by atoms with van der Waals surface area (Å²) in [7, 11) is 2.19. The summed E-state index contributed by atoms with van der Waals surface area (Å²) in [5.74, 6) is 1.44. The third-order valence-corrected chi connectivity index (χ3v) is 4.67. The Morgan fingerprint density at radius 3 is 2.30 bits per heavy atom. The summed E-state index contributed by atoms with van der Waals surface area (Å²) in [4.78, 5) is 16.6. The van der Waals surface area contributed by atoms with Crippen LogP contribution >= 0.6 is 0 Å². The van der Waals surface area contributed by atoms with Crippen LogP contribution in [0.15, 0.2) is 0 Å². The number of amides is 1. The van der Waals surface area contributed by atoms with Crippen molar-refractivity contribution in [1.29, 1.82) is 0 Å². The largest absolute Gasteiger partial charge is 0.444 e. The molecule has 0 spiro atoms. The fraction of sp³-hybridized carbons (Fsp3) is 0.938. The number of ether oxygens (including phenoxy) is 1. The number of piperidine rings is 1. The van der Waals surface area contributed by atoms with Gasteiger partial charge in [0.1, 0.15) is 5.60 Å². The lowest BCUT2D eigenvalue weighted by molar-refractivity contribution is 0.0227. The highest BCUT2D eigenvalue weighted by Crippen LogP contribution is 2.35. The molecule has 0 aromatic heterocycles. The van der Waals surface area contributed by atoms with Crippen molar-refractivity contribution in [1.82, 2.24) is 9.80 Å². The van der Waals surface area contributed by atoms with Crippen molar-refractivity contribution in [2.45, 2.75) is 58.6 Å². The van der Waals surface area contributed by atoms with Crippen molar-refractivity contribution >= 4 is 6.09 Å². The van der Waals surface area contributed by atoms with Gasteiger partial charge in [0, 0.05) is 12.6 Å². The summed E-state index contributed by atoms with van der Waals surface area (Å²) in [5.41, 5.74) is -0.400. The van der Waals surface area contributed by atoms with Gasteiger partial charge in [-0.15, -0.1) is 0 Å². The van der Waals surface area contributed by atoms with Crippen LogP contribution in [-0.2, 0) is 4.74 Å². The Labute approximate surface area is 123 Å². The molecule has 2 atom stereocenters. The highest BCUT2D eigenvalue weighted by atomic mass is 16.6. The van der Waals surface area contributed by atoms with E-state index in [9.17, 15) is 4.79 Å². The zero-order valence-corrected chi connectivity index (χ0v) is 13.7. The number of nitrogens with zero attached hydrogens (tertiary/aromatic N) is 2. The molecule has 2 saturated heterocycles. The van der Waals surface area contributed by atoms with Crippen LogP contribution in [0.25, 0.3) is 0 Å². The normalized spacial score (nSPS) is 29.8. The summed E-state index contributed by atoms with van der Waals surface area (Å²) in [6, 6.07) is 0.314. The number of hydrogen-bond acceptors (Lipinski definition) is 3. The van der Waals surface area contributed by atoms with Crippen LogP contribution < -0.4 is 0 Å². The van der Waals surface area contributed by atoms with Gasteiger partial charge in [-0.1, -0.05) is 0 Å². The Bertz CT molecular complexity index is 343. The van der Waals surface area contributed by atoms with E-state index in [0.29, 0.717) is 12.0 Å². The molecule has 2 aliphatic rings. The van der Waals surface area contributed by atoms with Gasteiger partial charge in [0.05, 0.1) is 0 Å². The predicted octanol–water partition coefficient (Wildman–Crippen LogP) is 2.97. The van der Waals surface area contributed by atoms with Crippen LogP contribution in [0.2, 0.25) is 0 Å². The molecule has 0 saturated carbocycles. The molecule has 1 unspecified atom stereocenters. The quantitative estimate of drug-likeness (QED) is 0.741. The molecule has 4 heteroatoms. The van der Waals surface area contributed by atoms with E-state index in [1.165, 1.54) is 25.9 Å². The van der Waals surface area contributed by atoms with Crippen molar-refractivity contribution in [3.63, 3.8) is 0 Å². The van der Waals surface area contributed by atoms with E-state index in [0.717, 1.165) is 18.9 Å². The standard InChI is InChI=1S/C16H30N2O2/c1-12-10-14(13-6-8-17(5)9-7-13)11-18(12)15(19)20-16(2,3)4/h12-14H,6-11H2,1-5H3/t12-,14?/m1/s1. The number of likely N-dealkylation sites (tertiary alicyclic amines) is 2. The van der Waals surface area contributed by atoms with Gasteiger partial charge >= 0.3 is 6.09 Å². The fourth-order valence-electron chi connectivity index (χ4n) is 3.49. The van der Waals surface area contributed by atoms with Gasteiger partial charge in [-0.05, 0) is 78.9 Å². The lowest BCUT2D eigenvalue weighted by Crippen LogP contribution is -2.39. The number of carbonyl (C=O) groups is 1. The second-order valence-electron chi connectivity index (χ2n) is 7.62. The first-order chi connectivity index (χ1) is 9.26. The second kappa shape index (κ2) is 5.92. The predicted molar refractivity (Wildman–Crippen MR) is 80.7 cm³/mol. The number of rotatable bonds is 1. The van der Waals surface area contributed by atoms with Gasteiger partial charge in [0.2, 0.25) is 0 Å². The van der Waals surface area contributed by atoms with Crippen molar-refractivity contribution in [3.05, 3.63) is 0 Å². The average Bonchev–Trinajstić information content (AvgIpc) is 2.70. The van der Waals surface area contributed by atoms with Crippen LogP contribution in [0.1, 0.15) is 47.0 Å². The molecule has 2 fully saturated rings. The molecule has 1 amide bonds.